The molecule has 0 saturated carbocycles. The summed E-state index contributed by atoms with van der Waals surface area (Å²) in [7, 11) is 0. The third kappa shape index (κ3) is 5.10. The molecule has 0 amide bonds. The monoisotopic (exact) mass is 381 g/mol. The quantitative estimate of drug-likeness (QED) is 0.253. The highest BCUT2D eigenvalue weighted by molar-refractivity contribution is 6.00. The minimum Gasteiger partial charge on any atom is -0.368 e. The molecule has 0 atom stereocenters. The number of anilines is 1. The van der Waals surface area contributed by atoms with Crippen LogP contribution in [0.3, 0.4) is 0 Å². The molecule has 0 aliphatic carbocycles. The second-order valence-corrected chi connectivity index (χ2v) is 7.53. The van der Waals surface area contributed by atoms with Crippen molar-refractivity contribution in [2.24, 2.45) is 22.1 Å². The number of piperazine rings is 1. The second kappa shape index (κ2) is 9.36. The van der Waals surface area contributed by atoms with Crippen LogP contribution in [0.2, 0.25) is 0 Å². The molecule has 1 aromatic heterocycles. The number of benzene rings is 1. The van der Waals surface area contributed by atoms with Crippen LogP contribution in [0, 0.1) is 5.92 Å². The lowest BCUT2D eigenvalue weighted by Gasteiger charge is -2.36. The van der Waals surface area contributed by atoms with Gasteiger partial charge in [0.15, 0.2) is 0 Å². The Hall–Kier alpha value is -2.87. The highest BCUT2D eigenvalue weighted by atomic mass is 15.3. The Morgan fingerprint density at radius 3 is 2.64 bits per heavy atom. The summed E-state index contributed by atoms with van der Waals surface area (Å²) >= 11 is 0. The van der Waals surface area contributed by atoms with Crippen molar-refractivity contribution in [3.8, 4) is 0 Å². The van der Waals surface area contributed by atoms with Crippen LogP contribution in [0.25, 0.3) is 0 Å². The van der Waals surface area contributed by atoms with Gasteiger partial charge in [0.2, 0.25) is 0 Å². The summed E-state index contributed by atoms with van der Waals surface area (Å²) in [4.78, 5) is 4.76. The molecule has 8 heteroatoms. The minimum atomic E-state index is 0.343. The molecule has 0 unspecified atom stereocenters. The van der Waals surface area contributed by atoms with Crippen molar-refractivity contribution in [2.45, 2.75) is 26.8 Å². The predicted molar refractivity (Wildman–Crippen MR) is 110 cm³/mol. The van der Waals surface area contributed by atoms with Gasteiger partial charge in [-0.15, -0.1) is 0 Å². The number of aromatic nitrogens is 2. The van der Waals surface area contributed by atoms with E-state index in [-0.39, 0.29) is 0 Å². The van der Waals surface area contributed by atoms with Gasteiger partial charge in [0.1, 0.15) is 0 Å². The lowest BCUT2D eigenvalue weighted by Crippen LogP contribution is -2.47. The van der Waals surface area contributed by atoms with E-state index in [0.29, 0.717) is 11.8 Å². The number of hydrogen-bond donors (Lipinski definition) is 2. The van der Waals surface area contributed by atoms with Crippen LogP contribution in [0.5, 0.6) is 0 Å². The fourth-order valence-electron chi connectivity index (χ4n) is 3.56. The first-order valence-electron chi connectivity index (χ1n) is 9.67. The van der Waals surface area contributed by atoms with Crippen molar-refractivity contribution in [1.82, 2.24) is 15.1 Å². The Morgan fingerprint density at radius 2 is 2.00 bits per heavy atom. The van der Waals surface area contributed by atoms with Crippen molar-refractivity contribution in [3.63, 3.8) is 0 Å². The van der Waals surface area contributed by atoms with Crippen molar-refractivity contribution < 1.29 is 5.41 Å². The van der Waals surface area contributed by atoms with E-state index in [9.17, 15) is 0 Å². The maximum absolute atomic E-state index is 6.12. The standard InChI is InChI=1S/C20H28N8/c1-15(2)12-16-5-6-18(20(21)25-26-22)19(13-16)28-10-8-27(9-11-28)14-17-4-3-7-23-24-17/h3-7,13,15H,8-12,14H2,1-2H3,(H3,21,22,25)/p+1. The molecule has 1 aliphatic heterocycles. The van der Waals surface area contributed by atoms with E-state index in [1.54, 1.807) is 6.20 Å². The fraction of sp³-hybridized carbons (Fsp3) is 0.450. The lowest BCUT2D eigenvalue weighted by atomic mass is 9.99. The van der Waals surface area contributed by atoms with Crippen LogP contribution in [0.4, 0.5) is 5.69 Å². The van der Waals surface area contributed by atoms with Crippen molar-refractivity contribution in [1.29, 1.82) is 0 Å². The molecule has 0 radical (unpaired) electrons. The topological polar surface area (TPSA) is 109 Å². The Labute approximate surface area is 166 Å². The van der Waals surface area contributed by atoms with Gasteiger partial charge >= 0.3 is 5.84 Å². The second-order valence-electron chi connectivity index (χ2n) is 7.53. The third-order valence-electron chi connectivity index (χ3n) is 4.87. The molecule has 1 fully saturated rings. The molecule has 1 aromatic carbocycles. The lowest BCUT2D eigenvalue weighted by molar-refractivity contribution is -0.114. The highest BCUT2D eigenvalue weighted by Gasteiger charge is 2.24. The zero-order chi connectivity index (χ0) is 19.9. The normalized spacial score (nSPS) is 15.5. The number of nitrogens with zero attached hydrogens (tertiary/aromatic N) is 6. The van der Waals surface area contributed by atoms with Gasteiger partial charge in [0, 0.05) is 44.1 Å². The maximum Gasteiger partial charge on any atom is 0.352 e. The summed E-state index contributed by atoms with van der Waals surface area (Å²) in [6, 6.07) is 10.3. The highest BCUT2D eigenvalue weighted by Crippen LogP contribution is 2.26. The molecule has 8 nitrogen and oxygen atoms in total. The average molecular weight is 382 g/mol. The first-order chi connectivity index (χ1) is 13.6. The van der Waals surface area contributed by atoms with Gasteiger partial charge in [-0.2, -0.15) is 10.2 Å². The minimum absolute atomic E-state index is 0.343. The van der Waals surface area contributed by atoms with Crippen LogP contribution < -0.4 is 16.2 Å². The van der Waals surface area contributed by atoms with E-state index < -0.39 is 0 Å². The Balaban J connectivity index is 1.75. The summed E-state index contributed by atoms with van der Waals surface area (Å²) in [6.45, 7) is 8.98. The summed E-state index contributed by atoms with van der Waals surface area (Å²) in [6.07, 6.45) is 2.73. The molecule has 3 rings (SSSR count). The van der Waals surface area contributed by atoms with Gasteiger partial charge < -0.3 is 4.90 Å². The third-order valence-corrected chi connectivity index (χ3v) is 4.87. The molecule has 2 aromatic rings. The van der Waals surface area contributed by atoms with Crippen molar-refractivity contribution >= 4 is 11.5 Å². The van der Waals surface area contributed by atoms with Gasteiger partial charge in [-0.3, -0.25) is 16.2 Å². The molecule has 1 saturated heterocycles. The summed E-state index contributed by atoms with van der Waals surface area (Å²) in [5, 5.41) is 21.5. The van der Waals surface area contributed by atoms with Crippen LogP contribution in [-0.2, 0) is 13.0 Å². The maximum atomic E-state index is 6.12. The zero-order valence-corrected chi connectivity index (χ0v) is 16.6. The van der Waals surface area contributed by atoms with Gasteiger partial charge in [-0.05, 0) is 42.2 Å². The SMILES string of the molecule is CC(C)Cc1ccc(C(=[NH2+])N=NN)c(N2CCN(Cc3cccnn3)CC2)c1. The molecule has 1 aliphatic rings. The molecule has 2 heterocycles. The number of rotatable bonds is 6. The number of nitrogens with two attached hydrogens (primary N) is 2. The summed E-state index contributed by atoms with van der Waals surface area (Å²) in [5.41, 5.74) is 4.27. The van der Waals surface area contributed by atoms with Crippen LogP contribution in [0.15, 0.2) is 46.9 Å². The zero-order valence-electron chi connectivity index (χ0n) is 16.6. The van der Waals surface area contributed by atoms with Crippen LogP contribution >= 0.6 is 0 Å². The molecule has 148 valence electrons. The first-order valence-corrected chi connectivity index (χ1v) is 9.67. The smallest absolute Gasteiger partial charge is 0.352 e. The summed E-state index contributed by atoms with van der Waals surface area (Å²) in [5.74, 6) is 6.14. The Kier molecular flexibility index (Phi) is 6.65. The average Bonchev–Trinajstić information content (AvgIpc) is 2.69. The fourth-order valence-corrected chi connectivity index (χ4v) is 3.56. The number of hydrogen-bond acceptors (Lipinski definition) is 5. The van der Waals surface area contributed by atoms with E-state index >= 15 is 0 Å². The molecule has 28 heavy (non-hydrogen) atoms. The Bertz CT molecular complexity index is 810. The first kappa shape index (κ1) is 19.9. The molecule has 0 spiro atoms. The van der Waals surface area contributed by atoms with E-state index in [2.05, 4.69) is 56.3 Å². The number of amidine groups is 1. The van der Waals surface area contributed by atoms with Crippen LogP contribution in [-0.4, -0.2) is 47.1 Å². The predicted octanol–water partition coefficient (Wildman–Crippen LogP) is 0.829. The molecule has 0 bridgehead atoms. The van der Waals surface area contributed by atoms with E-state index in [1.165, 1.54) is 5.56 Å². The van der Waals surface area contributed by atoms with Gasteiger partial charge in [-0.1, -0.05) is 19.9 Å². The molecule has 4 N–H and O–H groups in total. The molecular formula is C20H29N8+. The summed E-state index contributed by atoms with van der Waals surface area (Å²) < 4.78 is 0. The van der Waals surface area contributed by atoms with E-state index in [4.69, 9.17) is 11.3 Å². The van der Waals surface area contributed by atoms with Gasteiger partial charge in [-0.25, -0.2) is 0 Å². The van der Waals surface area contributed by atoms with Gasteiger partial charge in [0.05, 0.1) is 22.1 Å². The van der Waals surface area contributed by atoms with Gasteiger partial charge in [0.25, 0.3) is 0 Å². The Morgan fingerprint density at radius 1 is 1.21 bits per heavy atom. The van der Waals surface area contributed by atoms with E-state index in [1.807, 2.05) is 18.2 Å². The van der Waals surface area contributed by atoms with E-state index in [0.717, 1.165) is 56.1 Å². The molecular weight excluding hydrogens is 352 g/mol. The van der Waals surface area contributed by atoms with Crippen LogP contribution in [0.1, 0.15) is 30.7 Å². The van der Waals surface area contributed by atoms with Crippen molar-refractivity contribution in [2.75, 3.05) is 31.1 Å². The largest absolute Gasteiger partial charge is 0.368 e. The van der Waals surface area contributed by atoms with Crippen molar-refractivity contribution in [3.05, 3.63) is 53.3 Å².